The molecule has 3 aromatic carbocycles. The van der Waals surface area contributed by atoms with Crippen LogP contribution in [0.3, 0.4) is 0 Å². The van der Waals surface area contributed by atoms with E-state index in [0.29, 0.717) is 32.6 Å². The van der Waals surface area contributed by atoms with E-state index in [1.165, 1.54) is 18.3 Å². The van der Waals surface area contributed by atoms with Gasteiger partial charge in [-0.05, 0) is 42.5 Å². The zero-order chi connectivity index (χ0) is 21.8. The summed E-state index contributed by atoms with van der Waals surface area (Å²) >= 11 is 7.70. The molecule has 154 valence electrons. The van der Waals surface area contributed by atoms with Crippen LogP contribution in [0.5, 0.6) is 5.75 Å². The first-order valence-electron chi connectivity index (χ1n) is 9.41. The number of rotatable bonds is 5. The smallest absolute Gasteiger partial charge is 0.355 e. The lowest BCUT2D eigenvalue weighted by molar-refractivity contribution is -0.114. The molecule has 0 atom stereocenters. The number of nitrogens with one attached hydrogen (secondary N) is 1. The highest BCUT2D eigenvalue weighted by molar-refractivity contribution is 7.21. The number of thiophene rings is 1. The Labute approximate surface area is 188 Å². The Balaban J connectivity index is 1.54. The number of anilines is 1. The third-order valence-corrected chi connectivity index (χ3v) is 6.04. The van der Waals surface area contributed by atoms with Gasteiger partial charge in [0.1, 0.15) is 10.6 Å². The molecule has 4 rings (SSSR count). The third-order valence-electron chi connectivity index (χ3n) is 4.38. The topological polar surface area (TPSA) is 67.8 Å². The second-order valence-electron chi connectivity index (χ2n) is 6.65. The zero-order valence-electron chi connectivity index (χ0n) is 16.5. The Hall–Kier alpha value is -3.48. The van der Waals surface area contributed by atoms with Crippen LogP contribution in [0.1, 0.15) is 22.2 Å². The number of fused-ring (bicyclic) bond motifs is 1. The molecule has 0 aliphatic heterocycles. The minimum Gasteiger partial charge on any atom is -0.422 e. The van der Waals surface area contributed by atoms with Crippen LogP contribution in [0, 0.1) is 0 Å². The normalized spacial score (nSPS) is 11.0. The van der Waals surface area contributed by atoms with Crippen molar-refractivity contribution in [3.8, 4) is 5.75 Å². The SMILES string of the molecule is CC(=O)Nc1ccc(N=Cc2ccccc2OC(=O)c2sc3ccccc3c2Cl)cc1. The van der Waals surface area contributed by atoms with E-state index in [1.54, 1.807) is 42.6 Å². The van der Waals surface area contributed by atoms with Crippen LogP contribution in [0.4, 0.5) is 11.4 Å². The van der Waals surface area contributed by atoms with Gasteiger partial charge in [0, 0.05) is 34.5 Å². The minimum atomic E-state index is -0.508. The summed E-state index contributed by atoms with van der Waals surface area (Å²) in [5.74, 6) is -0.253. The highest BCUT2D eigenvalue weighted by Crippen LogP contribution is 2.36. The fourth-order valence-electron chi connectivity index (χ4n) is 2.95. The standard InChI is InChI=1S/C24H17ClN2O3S/c1-15(28)27-18-12-10-17(11-13-18)26-14-16-6-2-4-8-20(16)30-24(29)23-22(25)19-7-3-5-9-21(19)31-23/h2-14H,1H3,(H,27,28). The van der Waals surface area contributed by atoms with Gasteiger partial charge in [-0.2, -0.15) is 0 Å². The van der Waals surface area contributed by atoms with Crippen molar-refractivity contribution in [3.05, 3.63) is 88.3 Å². The Morgan fingerprint density at radius 1 is 1.00 bits per heavy atom. The molecular formula is C24H17ClN2O3S. The monoisotopic (exact) mass is 448 g/mol. The largest absolute Gasteiger partial charge is 0.422 e. The predicted octanol–water partition coefficient (Wildman–Crippen LogP) is 6.48. The summed E-state index contributed by atoms with van der Waals surface area (Å²) in [6.45, 7) is 1.45. The maximum Gasteiger partial charge on any atom is 0.355 e. The van der Waals surface area contributed by atoms with Crippen molar-refractivity contribution in [3.63, 3.8) is 0 Å². The molecule has 5 nitrogen and oxygen atoms in total. The van der Waals surface area contributed by atoms with Crippen molar-refractivity contribution in [1.29, 1.82) is 0 Å². The number of halogens is 1. The summed E-state index contributed by atoms with van der Waals surface area (Å²) in [4.78, 5) is 28.7. The number of amides is 1. The van der Waals surface area contributed by atoms with E-state index in [0.717, 1.165) is 10.1 Å². The second kappa shape index (κ2) is 9.12. The van der Waals surface area contributed by atoms with Crippen molar-refractivity contribution in [2.75, 3.05) is 5.32 Å². The molecule has 0 fully saturated rings. The molecule has 7 heteroatoms. The zero-order valence-corrected chi connectivity index (χ0v) is 18.0. The van der Waals surface area contributed by atoms with Gasteiger partial charge in [0.2, 0.25) is 5.91 Å². The number of carbonyl (C=O) groups excluding carboxylic acids is 2. The quantitative estimate of drug-likeness (QED) is 0.216. The maximum atomic E-state index is 12.8. The van der Waals surface area contributed by atoms with E-state index < -0.39 is 5.97 Å². The molecule has 31 heavy (non-hydrogen) atoms. The summed E-state index contributed by atoms with van der Waals surface area (Å²) in [7, 11) is 0. The molecule has 0 radical (unpaired) electrons. The van der Waals surface area contributed by atoms with Gasteiger partial charge in [0.05, 0.1) is 10.7 Å². The Morgan fingerprint density at radius 3 is 2.45 bits per heavy atom. The highest BCUT2D eigenvalue weighted by Gasteiger charge is 2.19. The van der Waals surface area contributed by atoms with Gasteiger partial charge >= 0.3 is 5.97 Å². The van der Waals surface area contributed by atoms with E-state index in [9.17, 15) is 9.59 Å². The number of aliphatic imine (C=N–C) groups is 1. The Kier molecular flexibility index (Phi) is 6.11. The first-order valence-corrected chi connectivity index (χ1v) is 10.6. The van der Waals surface area contributed by atoms with Crippen molar-refractivity contribution in [2.24, 2.45) is 4.99 Å². The summed E-state index contributed by atoms with van der Waals surface area (Å²) < 4.78 is 6.57. The lowest BCUT2D eigenvalue weighted by Gasteiger charge is -2.06. The van der Waals surface area contributed by atoms with Crippen LogP contribution in [0.15, 0.2) is 77.8 Å². The molecule has 0 spiro atoms. The fourth-order valence-corrected chi connectivity index (χ4v) is 4.33. The molecule has 1 amide bonds. The molecular weight excluding hydrogens is 432 g/mol. The molecule has 0 saturated carbocycles. The van der Waals surface area contributed by atoms with E-state index in [1.807, 2.05) is 36.4 Å². The van der Waals surface area contributed by atoms with Crippen LogP contribution >= 0.6 is 22.9 Å². The minimum absolute atomic E-state index is 0.134. The predicted molar refractivity (Wildman–Crippen MR) is 126 cm³/mol. The Morgan fingerprint density at radius 2 is 1.71 bits per heavy atom. The number of benzene rings is 3. The molecule has 1 heterocycles. The second-order valence-corrected chi connectivity index (χ2v) is 8.09. The van der Waals surface area contributed by atoms with Gasteiger partial charge in [0.25, 0.3) is 0 Å². The lowest BCUT2D eigenvalue weighted by atomic mass is 10.2. The fraction of sp³-hybridized carbons (Fsp3) is 0.0417. The van der Waals surface area contributed by atoms with Gasteiger partial charge < -0.3 is 10.1 Å². The number of carbonyl (C=O) groups is 2. The molecule has 1 N–H and O–H groups in total. The van der Waals surface area contributed by atoms with Crippen LogP contribution in [0.25, 0.3) is 10.1 Å². The maximum absolute atomic E-state index is 12.8. The van der Waals surface area contributed by atoms with Crippen LogP contribution in [-0.2, 0) is 4.79 Å². The molecule has 0 unspecified atom stereocenters. The van der Waals surface area contributed by atoms with Gasteiger partial charge in [-0.15, -0.1) is 11.3 Å². The number of hydrogen-bond donors (Lipinski definition) is 1. The average molecular weight is 449 g/mol. The van der Waals surface area contributed by atoms with Crippen LogP contribution in [-0.4, -0.2) is 18.1 Å². The highest BCUT2D eigenvalue weighted by atomic mass is 35.5. The number of hydrogen-bond acceptors (Lipinski definition) is 5. The summed E-state index contributed by atoms with van der Waals surface area (Å²) in [6, 6.07) is 21.8. The van der Waals surface area contributed by atoms with Gasteiger partial charge in [-0.25, -0.2) is 4.79 Å². The first-order chi connectivity index (χ1) is 15.0. The molecule has 4 aromatic rings. The van der Waals surface area contributed by atoms with Gasteiger partial charge in [-0.1, -0.05) is 41.9 Å². The van der Waals surface area contributed by atoms with Crippen LogP contribution < -0.4 is 10.1 Å². The summed E-state index contributed by atoms with van der Waals surface area (Å²) in [6.07, 6.45) is 1.63. The first kappa shape index (κ1) is 20.8. The number of ether oxygens (including phenoxy) is 1. The van der Waals surface area contributed by atoms with E-state index in [2.05, 4.69) is 10.3 Å². The number of nitrogens with zero attached hydrogens (tertiary/aromatic N) is 1. The van der Waals surface area contributed by atoms with E-state index in [-0.39, 0.29) is 5.91 Å². The molecule has 0 aliphatic rings. The molecule has 1 aromatic heterocycles. The van der Waals surface area contributed by atoms with Crippen LogP contribution in [0.2, 0.25) is 5.02 Å². The van der Waals surface area contributed by atoms with Crippen molar-refractivity contribution in [2.45, 2.75) is 6.92 Å². The van der Waals surface area contributed by atoms with E-state index in [4.69, 9.17) is 16.3 Å². The molecule has 0 saturated heterocycles. The summed E-state index contributed by atoms with van der Waals surface area (Å²) in [5, 5.41) is 3.94. The van der Waals surface area contributed by atoms with Crippen molar-refractivity contribution in [1.82, 2.24) is 0 Å². The van der Waals surface area contributed by atoms with Gasteiger partial charge in [-0.3, -0.25) is 9.79 Å². The molecule has 0 aliphatic carbocycles. The average Bonchev–Trinajstić information content (AvgIpc) is 3.11. The number of esters is 1. The third kappa shape index (κ3) is 4.82. The van der Waals surface area contributed by atoms with Crippen molar-refractivity contribution < 1.29 is 14.3 Å². The Bertz CT molecular complexity index is 1300. The van der Waals surface area contributed by atoms with Crippen molar-refractivity contribution >= 4 is 62.5 Å². The number of para-hydroxylation sites is 1. The van der Waals surface area contributed by atoms with Gasteiger partial charge in [0.15, 0.2) is 0 Å². The summed E-state index contributed by atoms with van der Waals surface area (Å²) in [5.41, 5.74) is 2.04. The lowest BCUT2D eigenvalue weighted by Crippen LogP contribution is -2.08. The van der Waals surface area contributed by atoms with E-state index >= 15 is 0 Å². The molecule has 0 bridgehead atoms.